The fourth-order valence-corrected chi connectivity index (χ4v) is 3.88. The number of benzene rings is 2. The normalized spacial score (nSPS) is 11.5. The first-order valence-corrected chi connectivity index (χ1v) is 10.3. The SMILES string of the molecule is CCCCN(C)S(=O)(=O)c1cccc(C(=O)Nc2ccccc2CC)c1. The summed E-state index contributed by atoms with van der Waals surface area (Å²) in [6.07, 6.45) is 2.51. The topological polar surface area (TPSA) is 66.5 Å². The van der Waals surface area contributed by atoms with Crippen molar-refractivity contribution in [2.45, 2.75) is 38.0 Å². The number of rotatable bonds is 8. The highest BCUT2D eigenvalue weighted by atomic mass is 32.2. The van der Waals surface area contributed by atoms with Crippen LogP contribution in [-0.4, -0.2) is 32.2 Å². The second-order valence-electron chi connectivity index (χ2n) is 6.17. The Morgan fingerprint density at radius 1 is 1.08 bits per heavy atom. The Balaban J connectivity index is 2.24. The van der Waals surface area contributed by atoms with E-state index in [9.17, 15) is 13.2 Å². The summed E-state index contributed by atoms with van der Waals surface area (Å²) in [5.74, 6) is -0.320. The summed E-state index contributed by atoms with van der Waals surface area (Å²) in [6, 6.07) is 13.8. The van der Waals surface area contributed by atoms with Gasteiger partial charge in [0.1, 0.15) is 0 Å². The summed E-state index contributed by atoms with van der Waals surface area (Å²) < 4.78 is 26.7. The zero-order valence-electron chi connectivity index (χ0n) is 15.5. The van der Waals surface area contributed by atoms with E-state index < -0.39 is 10.0 Å². The number of nitrogens with zero attached hydrogens (tertiary/aromatic N) is 1. The zero-order valence-corrected chi connectivity index (χ0v) is 16.3. The predicted molar refractivity (Wildman–Crippen MR) is 105 cm³/mol. The lowest BCUT2D eigenvalue weighted by Gasteiger charge is -2.17. The Labute approximate surface area is 156 Å². The van der Waals surface area contributed by atoms with Crippen LogP contribution in [0.15, 0.2) is 53.4 Å². The molecule has 0 unspecified atom stereocenters. The lowest BCUT2D eigenvalue weighted by molar-refractivity contribution is 0.102. The van der Waals surface area contributed by atoms with Crippen molar-refractivity contribution >= 4 is 21.6 Å². The highest BCUT2D eigenvalue weighted by molar-refractivity contribution is 7.89. The molecular weight excluding hydrogens is 348 g/mol. The van der Waals surface area contributed by atoms with Crippen molar-refractivity contribution in [3.8, 4) is 0 Å². The fraction of sp³-hybridized carbons (Fsp3) is 0.350. The summed E-state index contributed by atoms with van der Waals surface area (Å²) in [7, 11) is -2.03. The minimum Gasteiger partial charge on any atom is -0.322 e. The van der Waals surface area contributed by atoms with Gasteiger partial charge in [0.2, 0.25) is 10.0 Å². The maximum atomic E-state index is 12.7. The van der Waals surface area contributed by atoms with E-state index in [1.807, 2.05) is 38.1 Å². The van der Waals surface area contributed by atoms with Gasteiger partial charge in [-0.05, 0) is 42.7 Å². The summed E-state index contributed by atoms with van der Waals surface area (Å²) >= 11 is 0. The van der Waals surface area contributed by atoms with Gasteiger partial charge in [-0.1, -0.05) is 44.5 Å². The molecule has 2 aromatic carbocycles. The van der Waals surface area contributed by atoms with Crippen LogP contribution in [0, 0.1) is 0 Å². The third-order valence-electron chi connectivity index (χ3n) is 4.28. The number of hydrogen-bond acceptors (Lipinski definition) is 3. The summed E-state index contributed by atoms with van der Waals surface area (Å²) in [5, 5.41) is 2.87. The van der Waals surface area contributed by atoms with Crippen LogP contribution in [0.25, 0.3) is 0 Å². The van der Waals surface area contributed by atoms with E-state index in [0.717, 1.165) is 30.5 Å². The zero-order chi connectivity index (χ0) is 19.2. The molecule has 2 aromatic rings. The van der Waals surface area contributed by atoms with Crippen molar-refractivity contribution in [1.82, 2.24) is 4.31 Å². The van der Waals surface area contributed by atoms with Gasteiger partial charge in [-0.25, -0.2) is 12.7 Å². The Morgan fingerprint density at radius 3 is 2.50 bits per heavy atom. The average molecular weight is 375 g/mol. The van der Waals surface area contributed by atoms with Gasteiger partial charge in [0.25, 0.3) is 5.91 Å². The third-order valence-corrected chi connectivity index (χ3v) is 6.13. The highest BCUT2D eigenvalue weighted by Crippen LogP contribution is 2.19. The monoisotopic (exact) mass is 374 g/mol. The van der Waals surface area contributed by atoms with Gasteiger partial charge < -0.3 is 5.32 Å². The first-order chi connectivity index (χ1) is 12.4. The number of amides is 1. The van der Waals surface area contributed by atoms with Crippen LogP contribution in [0.3, 0.4) is 0 Å². The van der Waals surface area contributed by atoms with Gasteiger partial charge >= 0.3 is 0 Å². The Bertz CT molecular complexity index is 863. The number of para-hydroxylation sites is 1. The van der Waals surface area contributed by atoms with Crippen molar-refractivity contribution in [3.63, 3.8) is 0 Å². The molecule has 0 aromatic heterocycles. The largest absolute Gasteiger partial charge is 0.322 e. The number of carbonyl (C=O) groups excluding carboxylic acids is 1. The number of anilines is 1. The van der Waals surface area contributed by atoms with Crippen LogP contribution in [0.5, 0.6) is 0 Å². The summed E-state index contributed by atoms with van der Waals surface area (Å²) in [5.41, 5.74) is 2.10. The Morgan fingerprint density at radius 2 is 1.81 bits per heavy atom. The molecule has 26 heavy (non-hydrogen) atoms. The number of sulfonamides is 1. The molecule has 1 N–H and O–H groups in total. The quantitative estimate of drug-likeness (QED) is 0.761. The molecule has 0 fully saturated rings. The van der Waals surface area contributed by atoms with Gasteiger partial charge in [0, 0.05) is 24.8 Å². The minimum absolute atomic E-state index is 0.132. The average Bonchev–Trinajstić information content (AvgIpc) is 2.66. The van der Waals surface area contributed by atoms with Crippen molar-refractivity contribution in [2.75, 3.05) is 18.9 Å². The summed E-state index contributed by atoms with van der Waals surface area (Å²) in [6.45, 7) is 4.49. The lowest BCUT2D eigenvalue weighted by Crippen LogP contribution is -2.28. The molecule has 0 atom stereocenters. The molecule has 6 heteroatoms. The van der Waals surface area contributed by atoms with Crippen LogP contribution in [0.1, 0.15) is 42.6 Å². The molecule has 0 radical (unpaired) electrons. The van der Waals surface area contributed by atoms with Crippen LogP contribution < -0.4 is 5.32 Å². The van der Waals surface area contributed by atoms with E-state index in [4.69, 9.17) is 0 Å². The van der Waals surface area contributed by atoms with Crippen molar-refractivity contribution in [1.29, 1.82) is 0 Å². The number of hydrogen-bond donors (Lipinski definition) is 1. The van der Waals surface area contributed by atoms with Crippen molar-refractivity contribution < 1.29 is 13.2 Å². The van der Waals surface area contributed by atoms with E-state index in [2.05, 4.69) is 5.32 Å². The van der Waals surface area contributed by atoms with E-state index in [1.165, 1.54) is 16.4 Å². The maximum absolute atomic E-state index is 12.7. The molecule has 0 aliphatic heterocycles. The molecule has 0 spiro atoms. The predicted octanol–water partition coefficient (Wildman–Crippen LogP) is 3.92. The number of nitrogens with one attached hydrogen (secondary N) is 1. The molecular formula is C20H26N2O3S. The standard InChI is InChI=1S/C20H26N2O3S/c1-4-6-14-22(3)26(24,25)18-12-9-11-17(15-18)20(23)21-19-13-8-7-10-16(19)5-2/h7-13,15H,4-6,14H2,1-3H3,(H,21,23). The van der Waals surface area contributed by atoms with Gasteiger partial charge in [-0.2, -0.15) is 0 Å². The smallest absolute Gasteiger partial charge is 0.255 e. The molecule has 0 aliphatic carbocycles. The van der Waals surface area contributed by atoms with Crippen LogP contribution in [0.2, 0.25) is 0 Å². The Hall–Kier alpha value is -2.18. The second kappa shape index (κ2) is 8.96. The molecule has 0 heterocycles. The Kier molecular flexibility index (Phi) is 6.94. The van der Waals surface area contributed by atoms with Gasteiger partial charge in [-0.15, -0.1) is 0 Å². The first kappa shape index (κ1) is 20.1. The molecule has 0 aliphatic rings. The van der Waals surface area contributed by atoms with E-state index in [-0.39, 0.29) is 10.8 Å². The maximum Gasteiger partial charge on any atom is 0.255 e. The fourth-order valence-electron chi connectivity index (χ4n) is 2.62. The van der Waals surface area contributed by atoms with Crippen LogP contribution in [0.4, 0.5) is 5.69 Å². The molecule has 0 bridgehead atoms. The number of carbonyl (C=O) groups is 1. The molecule has 1 amide bonds. The summed E-state index contributed by atoms with van der Waals surface area (Å²) in [4.78, 5) is 12.7. The van der Waals surface area contributed by atoms with E-state index in [1.54, 1.807) is 19.2 Å². The minimum atomic E-state index is -3.60. The molecule has 2 rings (SSSR count). The number of unbranched alkanes of at least 4 members (excludes halogenated alkanes) is 1. The van der Waals surface area contributed by atoms with E-state index >= 15 is 0 Å². The molecule has 0 saturated heterocycles. The molecule has 140 valence electrons. The van der Waals surface area contributed by atoms with Crippen molar-refractivity contribution in [2.24, 2.45) is 0 Å². The number of aryl methyl sites for hydroxylation is 1. The second-order valence-corrected chi connectivity index (χ2v) is 8.22. The van der Waals surface area contributed by atoms with Gasteiger partial charge in [0.05, 0.1) is 4.90 Å². The molecule has 5 nitrogen and oxygen atoms in total. The van der Waals surface area contributed by atoms with Crippen LogP contribution in [-0.2, 0) is 16.4 Å². The molecule has 0 saturated carbocycles. The first-order valence-electron chi connectivity index (χ1n) is 8.85. The lowest BCUT2D eigenvalue weighted by atomic mass is 10.1. The van der Waals surface area contributed by atoms with Gasteiger partial charge in [0.15, 0.2) is 0 Å². The third kappa shape index (κ3) is 4.71. The van der Waals surface area contributed by atoms with E-state index in [0.29, 0.717) is 12.1 Å². The van der Waals surface area contributed by atoms with Gasteiger partial charge in [-0.3, -0.25) is 4.79 Å². The van der Waals surface area contributed by atoms with Crippen molar-refractivity contribution in [3.05, 3.63) is 59.7 Å². The van der Waals surface area contributed by atoms with Crippen LogP contribution >= 0.6 is 0 Å². The highest BCUT2D eigenvalue weighted by Gasteiger charge is 2.21.